The summed E-state index contributed by atoms with van der Waals surface area (Å²) in [6.07, 6.45) is 3.44. The van der Waals surface area contributed by atoms with Gasteiger partial charge in [-0.3, -0.25) is 4.79 Å². The van der Waals surface area contributed by atoms with Crippen LogP contribution in [0, 0.1) is 0 Å². The van der Waals surface area contributed by atoms with E-state index in [1.807, 2.05) is 29.2 Å². The average Bonchev–Trinajstić information content (AvgIpc) is 2.38. The summed E-state index contributed by atoms with van der Waals surface area (Å²) in [7, 11) is 1.62. The van der Waals surface area contributed by atoms with Crippen molar-refractivity contribution in [3.63, 3.8) is 0 Å². The Morgan fingerprint density at radius 3 is 2.94 bits per heavy atom. The molecule has 0 radical (unpaired) electrons. The zero-order valence-corrected chi connectivity index (χ0v) is 10.5. The summed E-state index contributed by atoms with van der Waals surface area (Å²) in [6.45, 7) is 2.99. The Morgan fingerprint density at radius 2 is 2.24 bits per heavy atom. The van der Waals surface area contributed by atoms with Crippen molar-refractivity contribution in [2.75, 3.05) is 13.7 Å². The van der Waals surface area contributed by atoms with Crippen LogP contribution < -0.4 is 4.74 Å². The van der Waals surface area contributed by atoms with Gasteiger partial charge in [0.05, 0.1) is 7.11 Å². The zero-order chi connectivity index (χ0) is 12.3. The summed E-state index contributed by atoms with van der Waals surface area (Å²) in [5.41, 5.74) is 0.720. The van der Waals surface area contributed by atoms with Gasteiger partial charge in [-0.15, -0.1) is 0 Å². The van der Waals surface area contributed by atoms with Gasteiger partial charge in [-0.2, -0.15) is 0 Å². The van der Waals surface area contributed by atoms with Gasteiger partial charge in [-0.05, 0) is 44.4 Å². The van der Waals surface area contributed by atoms with E-state index in [4.69, 9.17) is 4.74 Å². The molecule has 3 nitrogen and oxygen atoms in total. The molecule has 1 aliphatic rings. The maximum atomic E-state index is 12.3. The first-order valence-corrected chi connectivity index (χ1v) is 6.17. The topological polar surface area (TPSA) is 29.5 Å². The number of likely N-dealkylation sites (tertiary alicyclic amines) is 1. The van der Waals surface area contributed by atoms with Crippen molar-refractivity contribution in [1.29, 1.82) is 0 Å². The van der Waals surface area contributed by atoms with Gasteiger partial charge < -0.3 is 9.64 Å². The molecule has 1 aliphatic heterocycles. The Morgan fingerprint density at radius 1 is 1.41 bits per heavy atom. The van der Waals surface area contributed by atoms with Crippen LogP contribution in [0.2, 0.25) is 0 Å². The van der Waals surface area contributed by atoms with Crippen molar-refractivity contribution in [3.05, 3.63) is 29.8 Å². The zero-order valence-electron chi connectivity index (χ0n) is 10.5. The fraction of sp³-hybridized carbons (Fsp3) is 0.500. The predicted molar refractivity (Wildman–Crippen MR) is 67.3 cm³/mol. The first-order chi connectivity index (χ1) is 8.22. The summed E-state index contributed by atoms with van der Waals surface area (Å²) in [4.78, 5) is 14.3. The molecule has 0 bridgehead atoms. The molecule has 0 aromatic heterocycles. The summed E-state index contributed by atoms with van der Waals surface area (Å²) >= 11 is 0. The second-order valence-electron chi connectivity index (χ2n) is 4.58. The Hall–Kier alpha value is -1.51. The minimum Gasteiger partial charge on any atom is -0.497 e. The summed E-state index contributed by atoms with van der Waals surface area (Å²) in [6, 6.07) is 7.73. The molecule has 1 fully saturated rings. The van der Waals surface area contributed by atoms with Crippen LogP contribution in [-0.2, 0) is 0 Å². The lowest BCUT2D eigenvalue weighted by molar-refractivity contribution is 0.0635. The number of rotatable bonds is 2. The number of carbonyl (C=O) groups is 1. The monoisotopic (exact) mass is 233 g/mol. The maximum Gasteiger partial charge on any atom is 0.254 e. The van der Waals surface area contributed by atoms with Gasteiger partial charge in [0.15, 0.2) is 0 Å². The fourth-order valence-electron chi connectivity index (χ4n) is 2.32. The molecule has 0 aliphatic carbocycles. The molecule has 1 aromatic carbocycles. The minimum absolute atomic E-state index is 0.121. The Bertz CT molecular complexity index is 403. The van der Waals surface area contributed by atoms with Crippen LogP contribution in [-0.4, -0.2) is 30.5 Å². The van der Waals surface area contributed by atoms with Gasteiger partial charge in [0.25, 0.3) is 5.91 Å². The van der Waals surface area contributed by atoms with E-state index in [0.29, 0.717) is 6.04 Å². The van der Waals surface area contributed by atoms with Crippen LogP contribution in [0.5, 0.6) is 5.75 Å². The Labute approximate surface area is 102 Å². The smallest absolute Gasteiger partial charge is 0.254 e. The van der Waals surface area contributed by atoms with Gasteiger partial charge in [0, 0.05) is 18.2 Å². The van der Waals surface area contributed by atoms with Crippen molar-refractivity contribution in [2.24, 2.45) is 0 Å². The van der Waals surface area contributed by atoms with Crippen LogP contribution in [0.15, 0.2) is 24.3 Å². The van der Waals surface area contributed by atoms with Gasteiger partial charge in [0.2, 0.25) is 0 Å². The first-order valence-electron chi connectivity index (χ1n) is 6.17. The van der Waals surface area contributed by atoms with Crippen LogP contribution in [0.4, 0.5) is 0 Å². The van der Waals surface area contributed by atoms with E-state index in [0.717, 1.165) is 30.7 Å². The van der Waals surface area contributed by atoms with E-state index in [9.17, 15) is 4.79 Å². The van der Waals surface area contributed by atoms with Crippen LogP contribution in [0.1, 0.15) is 36.5 Å². The number of hydrogen-bond acceptors (Lipinski definition) is 2. The van der Waals surface area contributed by atoms with Crippen molar-refractivity contribution in [3.8, 4) is 5.75 Å². The van der Waals surface area contributed by atoms with Gasteiger partial charge in [-0.1, -0.05) is 6.07 Å². The number of methoxy groups -OCH3 is 1. The lowest BCUT2D eigenvalue weighted by atomic mass is 10.0. The quantitative estimate of drug-likeness (QED) is 0.786. The lowest BCUT2D eigenvalue weighted by Gasteiger charge is -2.33. The number of ether oxygens (including phenoxy) is 1. The van der Waals surface area contributed by atoms with E-state index in [1.165, 1.54) is 6.42 Å². The third kappa shape index (κ3) is 2.60. The molecule has 0 spiro atoms. The average molecular weight is 233 g/mol. The van der Waals surface area contributed by atoms with E-state index in [1.54, 1.807) is 7.11 Å². The molecule has 0 unspecified atom stereocenters. The predicted octanol–water partition coefficient (Wildman–Crippen LogP) is 2.71. The Balaban J connectivity index is 2.17. The Kier molecular flexibility index (Phi) is 3.67. The molecule has 2 rings (SSSR count). The molecule has 17 heavy (non-hydrogen) atoms. The normalized spacial score (nSPS) is 20.1. The highest BCUT2D eigenvalue weighted by atomic mass is 16.5. The third-order valence-corrected chi connectivity index (χ3v) is 3.38. The molecule has 3 heteroatoms. The molecule has 0 N–H and O–H groups in total. The van der Waals surface area contributed by atoms with Crippen LogP contribution in [0.3, 0.4) is 0 Å². The van der Waals surface area contributed by atoms with E-state index in [-0.39, 0.29) is 5.91 Å². The van der Waals surface area contributed by atoms with Crippen LogP contribution >= 0.6 is 0 Å². The number of nitrogens with zero attached hydrogens (tertiary/aromatic N) is 1. The number of carbonyl (C=O) groups excluding carboxylic acids is 1. The molecule has 1 heterocycles. The highest BCUT2D eigenvalue weighted by Gasteiger charge is 2.24. The number of hydrogen-bond donors (Lipinski definition) is 0. The van der Waals surface area contributed by atoms with E-state index < -0.39 is 0 Å². The van der Waals surface area contributed by atoms with Gasteiger partial charge >= 0.3 is 0 Å². The summed E-state index contributed by atoms with van der Waals surface area (Å²) < 4.78 is 5.15. The molecule has 1 atom stereocenters. The van der Waals surface area contributed by atoms with Crippen molar-refractivity contribution in [2.45, 2.75) is 32.2 Å². The highest BCUT2D eigenvalue weighted by molar-refractivity contribution is 5.94. The third-order valence-electron chi connectivity index (χ3n) is 3.38. The molecule has 0 saturated carbocycles. The number of piperidine rings is 1. The largest absolute Gasteiger partial charge is 0.497 e. The summed E-state index contributed by atoms with van der Waals surface area (Å²) in [5, 5.41) is 0. The van der Waals surface area contributed by atoms with E-state index >= 15 is 0 Å². The number of benzene rings is 1. The van der Waals surface area contributed by atoms with E-state index in [2.05, 4.69) is 6.92 Å². The highest BCUT2D eigenvalue weighted by Crippen LogP contribution is 2.21. The van der Waals surface area contributed by atoms with Gasteiger partial charge in [-0.25, -0.2) is 0 Å². The maximum absolute atomic E-state index is 12.3. The number of amides is 1. The molecular weight excluding hydrogens is 214 g/mol. The molecular formula is C14H19NO2. The standard InChI is InChI=1S/C14H19NO2/c1-11-6-3-4-9-15(11)14(16)12-7-5-8-13(10-12)17-2/h5,7-8,10-11H,3-4,6,9H2,1-2H3/t11-/m1/s1. The van der Waals surface area contributed by atoms with Gasteiger partial charge in [0.1, 0.15) is 5.75 Å². The van der Waals surface area contributed by atoms with Crippen molar-refractivity contribution < 1.29 is 9.53 Å². The SMILES string of the molecule is COc1cccc(C(=O)N2CCCC[C@H]2C)c1. The second kappa shape index (κ2) is 5.21. The molecule has 1 aromatic rings. The second-order valence-corrected chi connectivity index (χ2v) is 4.58. The first kappa shape index (κ1) is 12.0. The van der Waals surface area contributed by atoms with Crippen LogP contribution in [0.25, 0.3) is 0 Å². The minimum atomic E-state index is 0.121. The lowest BCUT2D eigenvalue weighted by Crippen LogP contribution is -2.42. The molecule has 92 valence electrons. The molecule has 1 saturated heterocycles. The van der Waals surface area contributed by atoms with Crippen molar-refractivity contribution >= 4 is 5.91 Å². The molecule has 1 amide bonds. The van der Waals surface area contributed by atoms with Crippen molar-refractivity contribution in [1.82, 2.24) is 4.90 Å². The summed E-state index contributed by atoms with van der Waals surface area (Å²) in [5.74, 6) is 0.858. The fourth-order valence-corrected chi connectivity index (χ4v) is 2.32.